The maximum absolute atomic E-state index is 11.1. The molecule has 0 amide bonds. The molecule has 1 aromatic rings. The van der Waals surface area contributed by atoms with Gasteiger partial charge in [-0.15, -0.1) is 0 Å². The minimum atomic E-state index is -1.38. The van der Waals surface area contributed by atoms with E-state index in [1.54, 1.807) is 0 Å². The molecule has 1 unspecified atom stereocenters. The first-order valence-corrected chi connectivity index (χ1v) is 6.05. The van der Waals surface area contributed by atoms with Crippen molar-refractivity contribution in [2.75, 3.05) is 11.6 Å². The Kier molecular flexibility index (Phi) is 5.06. The Balaban J connectivity index is 3.49. The van der Waals surface area contributed by atoms with Gasteiger partial charge in [-0.1, -0.05) is 5.01 Å². The molecule has 0 N–H and O–H groups in total. The Morgan fingerprint density at radius 2 is 1.52 bits per heavy atom. The van der Waals surface area contributed by atoms with E-state index in [9.17, 15) is 40.5 Å². The fourth-order valence-electron chi connectivity index (χ4n) is 1.79. The maximum Gasteiger partial charge on any atom is 0.305 e. The third-order valence-corrected chi connectivity index (χ3v) is 2.96. The summed E-state index contributed by atoms with van der Waals surface area (Å²) in [5.41, 5.74) is -2.06. The van der Waals surface area contributed by atoms with Crippen molar-refractivity contribution in [1.82, 2.24) is 0 Å². The molecule has 0 fully saturated rings. The van der Waals surface area contributed by atoms with Gasteiger partial charge in [-0.05, 0) is 13.0 Å². The minimum Gasteiger partial charge on any atom is -0.264 e. The van der Waals surface area contributed by atoms with Gasteiger partial charge in [-0.3, -0.25) is 30.3 Å². The molecule has 1 aromatic carbocycles. The predicted octanol–water partition coefficient (Wildman–Crippen LogP) is 1.47. The van der Waals surface area contributed by atoms with E-state index in [4.69, 9.17) is 0 Å². The summed E-state index contributed by atoms with van der Waals surface area (Å²) in [6, 6.07) is 0.111. The first-order chi connectivity index (χ1) is 10.6. The van der Waals surface area contributed by atoms with Gasteiger partial charge in [0.25, 0.3) is 5.69 Å². The number of nitro groups is 4. The molecule has 0 aliphatic heterocycles. The van der Waals surface area contributed by atoms with Crippen molar-refractivity contribution in [3.05, 3.63) is 58.2 Å². The quantitative estimate of drug-likeness (QED) is 0.529. The average molecular weight is 329 g/mol. The van der Waals surface area contributed by atoms with Gasteiger partial charge in [-0.25, -0.2) is 10.1 Å². The zero-order valence-corrected chi connectivity index (χ0v) is 11.9. The number of benzene rings is 1. The molecule has 0 heterocycles. The molecule has 13 heteroatoms. The Labute approximate surface area is 127 Å². The van der Waals surface area contributed by atoms with Gasteiger partial charge in [0.15, 0.2) is 17.3 Å². The largest absolute Gasteiger partial charge is 0.305 e. The number of hydrazine groups is 1. The Morgan fingerprint density at radius 1 is 1.00 bits per heavy atom. The first kappa shape index (κ1) is 17.7. The van der Waals surface area contributed by atoms with Crippen LogP contribution in [0, 0.1) is 47.4 Å². The molecule has 13 nitrogen and oxygen atoms in total. The van der Waals surface area contributed by atoms with Crippen molar-refractivity contribution in [3.63, 3.8) is 0 Å². The summed E-state index contributed by atoms with van der Waals surface area (Å²) in [6.07, 6.45) is 0. The normalized spacial score (nSPS) is 11.6. The van der Waals surface area contributed by atoms with Crippen LogP contribution in [-0.2, 0) is 0 Å². The topological polar surface area (TPSA) is 176 Å². The van der Waals surface area contributed by atoms with Crippen LogP contribution in [0.4, 0.5) is 17.1 Å². The van der Waals surface area contributed by atoms with Crippen LogP contribution >= 0.6 is 0 Å². The van der Waals surface area contributed by atoms with Crippen LogP contribution in [0.2, 0.25) is 0 Å². The Morgan fingerprint density at radius 3 is 1.91 bits per heavy atom. The molecule has 0 aromatic heterocycles. The van der Waals surface area contributed by atoms with Gasteiger partial charge in [0.2, 0.25) is 6.04 Å². The van der Waals surface area contributed by atoms with Crippen LogP contribution in [-0.4, -0.2) is 32.4 Å². The summed E-state index contributed by atoms with van der Waals surface area (Å²) in [5.74, 6) is 0. The lowest BCUT2D eigenvalue weighted by molar-refractivity contribution is -0.538. The van der Waals surface area contributed by atoms with Gasteiger partial charge in [0.1, 0.15) is 0 Å². The molecule has 0 saturated carbocycles. The van der Waals surface area contributed by atoms with Crippen LogP contribution < -0.4 is 5.01 Å². The number of aryl methyl sites for hydroxylation is 1. The molecule has 0 aliphatic carbocycles. The number of nitro benzene ring substituents is 2. The lowest BCUT2D eigenvalue weighted by Gasteiger charge is -2.15. The third kappa shape index (κ3) is 3.84. The predicted molar refractivity (Wildman–Crippen MR) is 75.3 cm³/mol. The van der Waals surface area contributed by atoms with Gasteiger partial charge >= 0.3 is 5.69 Å². The van der Waals surface area contributed by atoms with Crippen molar-refractivity contribution < 1.29 is 19.8 Å². The summed E-state index contributed by atoms with van der Waals surface area (Å²) in [4.78, 5) is 41.0. The van der Waals surface area contributed by atoms with Crippen molar-refractivity contribution in [1.29, 1.82) is 0 Å². The van der Waals surface area contributed by atoms with Crippen LogP contribution in [0.1, 0.15) is 12.5 Å². The lowest BCUT2D eigenvalue weighted by Crippen LogP contribution is -2.39. The standard InChI is InChI=1S/C10H11N5O8/c1-6-3-9(10(14(20)21)4-8(6)13(18)19)11(15(22)23)5-7(2)12(16)17/h3-4,7H,5H2,1-2H3. The van der Waals surface area contributed by atoms with E-state index in [-0.39, 0.29) is 10.6 Å². The molecule has 0 bridgehead atoms. The van der Waals surface area contributed by atoms with E-state index in [1.165, 1.54) is 6.92 Å². The molecule has 0 saturated heterocycles. The number of hydrogen-bond acceptors (Lipinski definition) is 8. The highest BCUT2D eigenvalue weighted by Crippen LogP contribution is 2.35. The average Bonchev–Trinajstić information content (AvgIpc) is 2.42. The van der Waals surface area contributed by atoms with Crippen molar-refractivity contribution in [2.24, 2.45) is 0 Å². The molecular weight excluding hydrogens is 318 g/mol. The second-order valence-electron chi connectivity index (χ2n) is 4.60. The second kappa shape index (κ2) is 6.59. The number of rotatable bonds is 7. The zero-order chi connectivity index (χ0) is 17.9. The molecule has 1 atom stereocenters. The molecule has 23 heavy (non-hydrogen) atoms. The minimum absolute atomic E-state index is 0.0452. The van der Waals surface area contributed by atoms with Gasteiger partial charge in [0, 0.05) is 17.4 Å². The van der Waals surface area contributed by atoms with E-state index in [2.05, 4.69) is 0 Å². The highest BCUT2D eigenvalue weighted by Gasteiger charge is 2.34. The molecule has 1 rings (SSSR count). The van der Waals surface area contributed by atoms with Crippen LogP contribution in [0.5, 0.6) is 0 Å². The summed E-state index contributed by atoms with van der Waals surface area (Å²) in [7, 11) is 0. The second-order valence-corrected chi connectivity index (χ2v) is 4.60. The van der Waals surface area contributed by atoms with Gasteiger partial charge < -0.3 is 0 Å². The van der Waals surface area contributed by atoms with Gasteiger partial charge in [-0.2, -0.15) is 0 Å². The molecule has 0 radical (unpaired) electrons. The van der Waals surface area contributed by atoms with Crippen molar-refractivity contribution in [2.45, 2.75) is 19.9 Å². The molecule has 124 valence electrons. The van der Waals surface area contributed by atoms with Gasteiger partial charge in [0.05, 0.1) is 15.9 Å². The van der Waals surface area contributed by atoms with Crippen LogP contribution in [0.25, 0.3) is 0 Å². The van der Waals surface area contributed by atoms with E-state index < -0.39 is 49.5 Å². The summed E-state index contributed by atoms with van der Waals surface area (Å²) in [5, 5.41) is 42.8. The first-order valence-electron chi connectivity index (χ1n) is 6.05. The smallest absolute Gasteiger partial charge is 0.264 e. The summed E-state index contributed by atoms with van der Waals surface area (Å²) in [6.45, 7) is 1.61. The SMILES string of the molecule is Cc1cc(N(CC(C)[N+](=O)[O-])[N+](=O)[O-])c([N+](=O)[O-])cc1[N+](=O)[O-]. The maximum atomic E-state index is 11.1. The summed E-state index contributed by atoms with van der Waals surface area (Å²) < 4.78 is 0. The number of anilines is 1. The summed E-state index contributed by atoms with van der Waals surface area (Å²) >= 11 is 0. The highest BCUT2D eigenvalue weighted by molar-refractivity contribution is 5.68. The van der Waals surface area contributed by atoms with Crippen molar-refractivity contribution >= 4 is 17.1 Å². The van der Waals surface area contributed by atoms with E-state index in [0.717, 1.165) is 13.0 Å². The Hall–Kier alpha value is -3.38. The fraction of sp³-hybridized carbons (Fsp3) is 0.400. The molecule has 0 aliphatic rings. The zero-order valence-electron chi connectivity index (χ0n) is 11.9. The third-order valence-electron chi connectivity index (χ3n) is 2.96. The lowest BCUT2D eigenvalue weighted by atomic mass is 10.1. The number of hydrogen-bond donors (Lipinski definition) is 0. The van der Waals surface area contributed by atoms with Crippen molar-refractivity contribution in [3.8, 4) is 0 Å². The van der Waals surface area contributed by atoms with E-state index in [0.29, 0.717) is 6.07 Å². The van der Waals surface area contributed by atoms with E-state index >= 15 is 0 Å². The Bertz CT molecular complexity index is 690. The fourth-order valence-corrected chi connectivity index (χ4v) is 1.79. The monoisotopic (exact) mass is 329 g/mol. The van der Waals surface area contributed by atoms with Crippen LogP contribution in [0.3, 0.4) is 0 Å². The highest BCUT2D eigenvalue weighted by atomic mass is 16.7. The van der Waals surface area contributed by atoms with Crippen LogP contribution in [0.15, 0.2) is 12.1 Å². The molecule has 0 spiro atoms. The number of nitrogens with zero attached hydrogens (tertiary/aromatic N) is 5. The molecular formula is C10H11N5O8. The van der Waals surface area contributed by atoms with E-state index in [1.807, 2.05) is 0 Å².